The molecule has 0 aromatic heterocycles. The first-order valence-corrected chi connectivity index (χ1v) is 7.17. The van der Waals surface area contributed by atoms with Crippen LogP contribution in [-0.2, 0) is 10.0 Å². The van der Waals surface area contributed by atoms with Crippen LogP contribution in [0.25, 0.3) is 0 Å². The zero-order valence-electron chi connectivity index (χ0n) is 11.1. The fraction of sp³-hybridized carbons (Fsp3) is 0.500. The molecule has 0 saturated heterocycles. The first-order chi connectivity index (χ1) is 8.44. The number of benzene rings is 1. The van der Waals surface area contributed by atoms with Gasteiger partial charge >= 0.3 is 0 Å². The maximum Gasteiger partial charge on any atom is 0.244 e. The van der Waals surface area contributed by atoms with Crippen molar-refractivity contribution in [3.05, 3.63) is 18.2 Å². The lowest BCUT2D eigenvalue weighted by Gasteiger charge is -2.15. The van der Waals surface area contributed by atoms with E-state index in [-0.39, 0.29) is 10.9 Å². The monoisotopic (exact) mass is 273 g/mol. The summed E-state index contributed by atoms with van der Waals surface area (Å²) in [5, 5.41) is 0. The molecular formula is C12H19NO4S. The van der Waals surface area contributed by atoms with E-state index in [1.54, 1.807) is 12.1 Å². The van der Waals surface area contributed by atoms with Crippen LogP contribution < -0.4 is 14.2 Å². The number of sulfonamides is 1. The summed E-state index contributed by atoms with van der Waals surface area (Å²) >= 11 is 0. The third-order valence-electron chi connectivity index (χ3n) is 2.63. The Labute approximate surface area is 108 Å². The molecule has 1 atom stereocenters. The topological polar surface area (TPSA) is 64.6 Å². The van der Waals surface area contributed by atoms with Gasteiger partial charge in [0.25, 0.3) is 0 Å². The Morgan fingerprint density at radius 1 is 1.28 bits per heavy atom. The second kappa shape index (κ2) is 6.06. The number of ether oxygens (including phenoxy) is 2. The molecule has 0 amide bonds. The van der Waals surface area contributed by atoms with Gasteiger partial charge in [0.15, 0.2) is 0 Å². The predicted molar refractivity (Wildman–Crippen MR) is 69.6 cm³/mol. The fourth-order valence-electron chi connectivity index (χ4n) is 1.41. The van der Waals surface area contributed by atoms with E-state index in [0.717, 1.165) is 0 Å². The van der Waals surface area contributed by atoms with Gasteiger partial charge in [-0.25, -0.2) is 13.1 Å². The molecule has 0 fully saturated rings. The molecule has 0 unspecified atom stereocenters. The third kappa shape index (κ3) is 3.36. The lowest BCUT2D eigenvalue weighted by Crippen LogP contribution is -2.32. The van der Waals surface area contributed by atoms with Crippen molar-refractivity contribution in [3.8, 4) is 11.5 Å². The van der Waals surface area contributed by atoms with Gasteiger partial charge < -0.3 is 9.47 Å². The first kappa shape index (κ1) is 14.8. The summed E-state index contributed by atoms with van der Waals surface area (Å²) in [5.74, 6) is 0.770. The van der Waals surface area contributed by atoms with Crippen molar-refractivity contribution in [2.24, 2.45) is 0 Å². The van der Waals surface area contributed by atoms with Gasteiger partial charge in [-0.1, -0.05) is 6.92 Å². The molecule has 0 bridgehead atoms. The Hall–Kier alpha value is -1.27. The van der Waals surface area contributed by atoms with Crippen LogP contribution >= 0.6 is 0 Å². The molecule has 6 heteroatoms. The van der Waals surface area contributed by atoms with Crippen LogP contribution in [0.4, 0.5) is 0 Å². The van der Waals surface area contributed by atoms with E-state index in [2.05, 4.69) is 4.72 Å². The second-order valence-corrected chi connectivity index (χ2v) is 5.63. The van der Waals surface area contributed by atoms with E-state index in [0.29, 0.717) is 17.9 Å². The number of hydrogen-bond donors (Lipinski definition) is 1. The average molecular weight is 273 g/mol. The Morgan fingerprint density at radius 3 is 2.44 bits per heavy atom. The second-order valence-electron chi connectivity index (χ2n) is 3.95. The molecule has 1 N–H and O–H groups in total. The minimum absolute atomic E-state index is 0.0876. The molecule has 0 spiro atoms. The number of hydrogen-bond acceptors (Lipinski definition) is 4. The minimum atomic E-state index is -3.60. The van der Waals surface area contributed by atoms with Gasteiger partial charge in [0, 0.05) is 12.1 Å². The average Bonchev–Trinajstić information content (AvgIpc) is 2.37. The highest BCUT2D eigenvalue weighted by Gasteiger charge is 2.21. The summed E-state index contributed by atoms with van der Waals surface area (Å²) < 4.78 is 37.1. The largest absolute Gasteiger partial charge is 0.497 e. The summed E-state index contributed by atoms with van der Waals surface area (Å²) in [6.07, 6.45) is 0.714. The van der Waals surface area contributed by atoms with Gasteiger partial charge in [0.2, 0.25) is 10.0 Å². The van der Waals surface area contributed by atoms with Crippen molar-refractivity contribution in [1.29, 1.82) is 0 Å². The molecule has 0 aliphatic carbocycles. The highest BCUT2D eigenvalue weighted by atomic mass is 32.2. The van der Waals surface area contributed by atoms with Crippen LogP contribution in [0.2, 0.25) is 0 Å². The Balaban J connectivity index is 3.20. The van der Waals surface area contributed by atoms with Crippen LogP contribution in [0.1, 0.15) is 20.3 Å². The predicted octanol–water partition coefficient (Wildman–Crippen LogP) is 1.78. The smallest absolute Gasteiger partial charge is 0.244 e. The van der Waals surface area contributed by atoms with Crippen molar-refractivity contribution in [3.63, 3.8) is 0 Å². The van der Waals surface area contributed by atoms with Crippen molar-refractivity contribution in [1.82, 2.24) is 4.72 Å². The first-order valence-electron chi connectivity index (χ1n) is 5.69. The van der Waals surface area contributed by atoms with Crippen molar-refractivity contribution >= 4 is 10.0 Å². The van der Waals surface area contributed by atoms with Crippen molar-refractivity contribution in [2.45, 2.75) is 31.2 Å². The zero-order valence-corrected chi connectivity index (χ0v) is 11.9. The van der Waals surface area contributed by atoms with Crippen LogP contribution in [0.15, 0.2) is 23.1 Å². The molecule has 1 aromatic rings. The van der Waals surface area contributed by atoms with E-state index in [1.165, 1.54) is 20.3 Å². The SMILES string of the molecule is CC[C@@H](C)NS(=O)(=O)c1cc(OC)ccc1OC. The van der Waals surface area contributed by atoms with Gasteiger partial charge in [-0.05, 0) is 25.5 Å². The van der Waals surface area contributed by atoms with Gasteiger partial charge in [0.05, 0.1) is 14.2 Å². The quantitative estimate of drug-likeness (QED) is 0.858. The van der Waals surface area contributed by atoms with Gasteiger partial charge in [-0.2, -0.15) is 0 Å². The molecule has 0 saturated carbocycles. The summed E-state index contributed by atoms with van der Waals surface area (Å²) in [4.78, 5) is 0.0876. The van der Waals surface area contributed by atoms with Crippen LogP contribution in [0, 0.1) is 0 Å². The van der Waals surface area contributed by atoms with Crippen molar-refractivity contribution in [2.75, 3.05) is 14.2 Å². The summed E-state index contributed by atoms with van der Waals surface area (Å²) in [7, 11) is -0.681. The zero-order chi connectivity index (χ0) is 13.8. The van der Waals surface area contributed by atoms with Gasteiger partial charge in [-0.3, -0.25) is 0 Å². The highest BCUT2D eigenvalue weighted by Crippen LogP contribution is 2.28. The van der Waals surface area contributed by atoms with E-state index < -0.39 is 10.0 Å². The lowest BCUT2D eigenvalue weighted by molar-refractivity contribution is 0.391. The van der Waals surface area contributed by atoms with Crippen LogP contribution in [0.3, 0.4) is 0 Å². The molecule has 0 heterocycles. The lowest BCUT2D eigenvalue weighted by atomic mass is 10.3. The molecule has 0 aliphatic rings. The molecule has 0 radical (unpaired) electrons. The molecule has 102 valence electrons. The Kier molecular flexibility index (Phi) is 4.98. The molecular weight excluding hydrogens is 254 g/mol. The van der Waals surface area contributed by atoms with E-state index in [9.17, 15) is 8.42 Å². The standard InChI is InChI=1S/C12H19NO4S/c1-5-9(2)13-18(14,15)12-8-10(16-3)6-7-11(12)17-4/h6-9,13H,5H2,1-4H3/t9-/m1/s1. The number of methoxy groups -OCH3 is 2. The minimum Gasteiger partial charge on any atom is -0.497 e. The van der Waals surface area contributed by atoms with E-state index >= 15 is 0 Å². The molecule has 1 aromatic carbocycles. The molecule has 1 rings (SSSR count). The molecule has 18 heavy (non-hydrogen) atoms. The van der Waals surface area contributed by atoms with E-state index in [1.807, 2.05) is 13.8 Å². The van der Waals surface area contributed by atoms with Crippen LogP contribution in [0.5, 0.6) is 11.5 Å². The van der Waals surface area contributed by atoms with E-state index in [4.69, 9.17) is 9.47 Å². The third-order valence-corrected chi connectivity index (χ3v) is 4.24. The summed E-state index contributed by atoms with van der Waals surface area (Å²) in [6.45, 7) is 3.72. The maximum atomic E-state index is 12.2. The number of rotatable bonds is 6. The van der Waals surface area contributed by atoms with Crippen LogP contribution in [-0.4, -0.2) is 28.7 Å². The summed E-state index contributed by atoms with van der Waals surface area (Å²) in [5.41, 5.74) is 0. The van der Waals surface area contributed by atoms with Gasteiger partial charge in [0.1, 0.15) is 16.4 Å². The van der Waals surface area contributed by atoms with Gasteiger partial charge in [-0.15, -0.1) is 0 Å². The van der Waals surface area contributed by atoms with Crippen molar-refractivity contribution < 1.29 is 17.9 Å². The molecule has 0 aliphatic heterocycles. The number of nitrogens with one attached hydrogen (secondary N) is 1. The fourth-order valence-corrected chi connectivity index (χ4v) is 2.92. The Morgan fingerprint density at radius 2 is 1.94 bits per heavy atom. The molecule has 5 nitrogen and oxygen atoms in total. The maximum absolute atomic E-state index is 12.2. The Bertz CT molecular complexity index is 499. The summed E-state index contributed by atoms with van der Waals surface area (Å²) in [6, 6.07) is 4.54. The highest BCUT2D eigenvalue weighted by molar-refractivity contribution is 7.89. The normalized spacial score (nSPS) is 13.1.